The van der Waals surface area contributed by atoms with E-state index in [-0.39, 0.29) is 5.91 Å². The van der Waals surface area contributed by atoms with Crippen molar-refractivity contribution in [2.45, 2.75) is 37.8 Å². The second kappa shape index (κ2) is 4.94. The molecule has 4 nitrogen and oxygen atoms in total. The molecule has 1 aliphatic heterocycles. The molecule has 1 aromatic rings. The van der Waals surface area contributed by atoms with E-state index in [4.69, 9.17) is 5.73 Å². The molecule has 0 aromatic heterocycles. The standard InChI is InChI=1S/C15H22N2O2/c1-3-9-15(19)10-17(11-15)13(18)14(2,16)12-7-5-4-6-8-12/h4-8,19H,3,9-11,16H2,1-2H3. The lowest BCUT2D eigenvalue weighted by atomic mass is 9.85. The molecule has 0 radical (unpaired) electrons. The number of nitrogens with two attached hydrogens (primary N) is 1. The number of rotatable bonds is 4. The monoisotopic (exact) mass is 262 g/mol. The Balaban J connectivity index is 2.06. The smallest absolute Gasteiger partial charge is 0.247 e. The highest BCUT2D eigenvalue weighted by atomic mass is 16.3. The van der Waals surface area contributed by atoms with Gasteiger partial charge in [0.2, 0.25) is 5.91 Å². The summed E-state index contributed by atoms with van der Waals surface area (Å²) in [6, 6.07) is 9.36. The van der Waals surface area contributed by atoms with Gasteiger partial charge >= 0.3 is 0 Å². The summed E-state index contributed by atoms with van der Waals surface area (Å²) in [5.74, 6) is -0.125. The van der Waals surface area contributed by atoms with Gasteiger partial charge in [-0.15, -0.1) is 0 Å². The number of aliphatic hydroxyl groups is 1. The Labute approximate surface area is 114 Å². The van der Waals surface area contributed by atoms with Crippen LogP contribution >= 0.6 is 0 Å². The van der Waals surface area contributed by atoms with Gasteiger partial charge in [0.15, 0.2) is 0 Å². The Morgan fingerprint density at radius 1 is 1.42 bits per heavy atom. The van der Waals surface area contributed by atoms with E-state index in [2.05, 4.69) is 0 Å². The summed E-state index contributed by atoms with van der Waals surface area (Å²) in [5.41, 5.74) is 5.23. The van der Waals surface area contributed by atoms with E-state index in [1.54, 1.807) is 11.8 Å². The highest BCUT2D eigenvalue weighted by molar-refractivity contribution is 5.88. The summed E-state index contributed by atoms with van der Waals surface area (Å²) in [4.78, 5) is 14.1. The molecule has 4 heteroatoms. The molecule has 1 aromatic carbocycles. The van der Waals surface area contributed by atoms with E-state index in [9.17, 15) is 9.90 Å². The number of likely N-dealkylation sites (tertiary alicyclic amines) is 1. The van der Waals surface area contributed by atoms with E-state index in [1.165, 1.54) is 0 Å². The zero-order chi connectivity index (χ0) is 14.1. The van der Waals surface area contributed by atoms with E-state index in [0.717, 1.165) is 18.4 Å². The third-order valence-electron chi connectivity index (χ3n) is 3.79. The maximum absolute atomic E-state index is 12.4. The first-order chi connectivity index (χ1) is 8.89. The average molecular weight is 262 g/mol. The molecule has 1 amide bonds. The summed E-state index contributed by atoms with van der Waals surface area (Å²) in [6.45, 7) is 4.53. The van der Waals surface area contributed by atoms with Crippen LogP contribution in [-0.4, -0.2) is 34.6 Å². The van der Waals surface area contributed by atoms with Crippen LogP contribution in [0.1, 0.15) is 32.3 Å². The third kappa shape index (κ3) is 2.65. The quantitative estimate of drug-likeness (QED) is 0.857. The van der Waals surface area contributed by atoms with Crippen molar-refractivity contribution in [2.75, 3.05) is 13.1 Å². The molecule has 0 bridgehead atoms. The minimum absolute atomic E-state index is 0.125. The van der Waals surface area contributed by atoms with Gasteiger partial charge in [-0.3, -0.25) is 4.79 Å². The Morgan fingerprint density at radius 3 is 2.53 bits per heavy atom. The van der Waals surface area contributed by atoms with Crippen LogP contribution in [0.3, 0.4) is 0 Å². The molecule has 2 rings (SSSR count). The number of carbonyl (C=O) groups is 1. The van der Waals surface area contributed by atoms with Crippen molar-refractivity contribution in [2.24, 2.45) is 5.73 Å². The van der Waals surface area contributed by atoms with Crippen LogP contribution in [0.25, 0.3) is 0 Å². The molecule has 1 saturated heterocycles. The number of amides is 1. The molecule has 0 aliphatic carbocycles. The second-order valence-electron chi connectivity index (χ2n) is 5.70. The zero-order valence-electron chi connectivity index (χ0n) is 11.6. The van der Waals surface area contributed by atoms with Gasteiger partial charge in [0, 0.05) is 0 Å². The normalized spacial score (nSPS) is 20.5. The highest BCUT2D eigenvalue weighted by Crippen LogP contribution is 2.30. The number of carbonyl (C=O) groups excluding carboxylic acids is 1. The van der Waals surface area contributed by atoms with Gasteiger partial charge in [0.25, 0.3) is 0 Å². The second-order valence-corrected chi connectivity index (χ2v) is 5.70. The number of hydrogen-bond donors (Lipinski definition) is 2. The Bertz CT molecular complexity index is 450. The molecule has 1 unspecified atom stereocenters. The summed E-state index contributed by atoms with van der Waals surface area (Å²) >= 11 is 0. The maximum Gasteiger partial charge on any atom is 0.247 e. The Morgan fingerprint density at radius 2 is 2.00 bits per heavy atom. The van der Waals surface area contributed by atoms with Crippen molar-refractivity contribution in [3.05, 3.63) is 35.9 Å². The molecular weight excluding hydrogens is 240 g/mol. The van der Waals surface area contributed by atoms with Crippen LogP contribution in [0.15, 0.2) is 30.3 Å². The largest absolute Gasteiger partial charge is 0.386 e. The van der Waals surface area contributed by atoms with Gasteiger partial charge in [-0.1, -0.05) is 43.7 Å². The maximum atomic E-state index is 12.4. The molecule has 1 heterocycles. The average Bonchev–Trinajstić information content (AvgIpc) is 2.36. The summed E-state index contributed by atoms with van der Waals surface area (Å²) in [5, 5.41) is 10.1. The van der Waals surface area contributed by atoms with Crippen LogP contribution in [0.2, 0.25) is 0 Å². The van der Waals surface area contributed by atoms with E-state index >= 15 is 0 Å². The Kier molecular flexibility index (Phi) is 3.65. The van der Waals surface area contributed by atoms with Gasteiger partial charge < -0.3 is 15.7 Å². The molecule has 1 fully saturated rings. The number of β-amino-alcohol motifs (C(OH)–C–C–N with tert-alkyl or cyclic N) is 1. The lowest BCUT2D eigenvalue weighted by molar-refractivity contribution is -0.161. The van der Waals surface area contributed by atoms with Crippen LogP contribution in [0, 0.1) is 0 Å². The SMILES string of the molecule is CCCC1(O)CN(C(=O)C(C)(N)c2ccccc2)C1. The molecule has 1 atom stereocenters. The lowest BCUT2D eigenvalue weighted by Gasteiger charge is -2.48. The molecule has 0 spiro atoms. The minimum Gasteiger partial charge on any atom is -0.386 e. The van der Waals surface area contributed by atoms with E-state index < -0.39 is 11.1 Å². The third-order valence-corrected chi connectivity index (χ3v) is 3.79. The van der Waals surface area contributed by atoms with Gasteiger partial charge in [0.05, 0.1) is 18.7 Å². The molecule has 0 saturated carbocycles. The highest BCUT2D eigenvalue weighted by Gasteiger charge is 2.47. The number of hydrogen-bond acceptors (Lipinski definition) is 3. The number of nitrogens with zero attached hydrogens (tertiary/aromatic N) is 1. The molecule has 104 valence electrons. The van der Waals surface area contributed by atoms with Gasteiger partial charge in [0.1, 0.15) is 5.54 Å². The zero-order valence-corrected chi connectivity index (χ0v) is 11.6. The molecule has 19 heavy (non-hydrogen) atoms. The van der Waals surface area contributed by atoms with Crippen LogP contribution < -0.4 is 5.73 Å². The van der Waals surface area contributed by atoms with Gasteiger partial charge in [-0.25, -0.2) is 0 Å². The van der Waals surface area contributed by atoms with E-state index in [0.29, 0.717) is 13.1 Å². The van der Waals surface area contributed by atoms with Crippen LogP contribution in [0.4, 0.5) is 0 Å². The van der Waals surface area contributed by atoms with Crippen LogP contribution in [0.5, 0.6) is 0 Å². The topological polar surface area (TPSA) is 66.6 Å². The van der Waals surface area contributed by atoms with Crippen molar-refractivity contribution in [1.82, 2.24) is 4.90 Å². The Hall–Kier alpha value is -1.39. The molecule has 1 aliphatic rings. The fraction of sp³-hybridized carbons (Fsp3) is 0.533. The van der Waals surface area contributed by atoms with Crippen molar-refractivity contribution < 1.29 is 9.90 Å². The predicted molar refractivity (Wildman–Crippen MR) is 74.4 cm³/mol. The summed E-state index contributed by atoms with van der Waals surface area (Å²) < 4.78 is 0. The predicted octanol–water partition coefficient (Wildman–Crippen LogP) is 1.23. The van der Waals surface area contributed by atoms with Crippen molar-refractivity contribution in [1.29, 1.82) is 0 Å². The van der Waals surface area contributed by atoms with Crippen molar-refractivity contribution in [3.63, 3.8) is 0 Å². The molecule has 3 N–H and O–H groups in total. The first kappa shape index (κ1) is 14.0. The first-order valence-corrected chi connectivity index (χ1v) is 6.75. The van der Waals surface area contributed by atoms with Gasteiger partial charge in [-0.05, 0) is 18.9 Å². The van der Waals surface area contributed by atoms with Crippen LogP contribution in [-0.2, 0) is 10.3 Å². The summed E-state index contributed by atoms with van der Waals surface area (Å²) in [7, 11) is 0. The summed E-state index contributed by atoms with van der Waals surface area (Å²) in [6.07, 6.45) is 1.64. The lowest BCUT2D eigenvalue weighted by Crippen LogP contribution is -2.67. The minimum atomic E-state index is -1.03. The van der Waals surface area contributed by atoms with E-state index in [1.807, 2.05) is 37.3 Å². The van der Waals surface area contributed by atoms with Crippen molar-refractivity contribution >= 4 is 5.91 Å². The fourth-order valence-electron chi connectivity index (χ4n) is 2.67. The van der Waals surface area contributed by atoms with Gasteiger partial charge in [-0.2, -0.15) is 0 Å². The fourth-order valence-corrected chi connectivity index (χ4v) is 2.67. The number of benzene rings is 1. The molecular formula is C15H22N2O2. The van der Waals surface area contributed by atoms with Crippen molar-refractivity contribution in [3.8, 4) is 0 Å². The first-order valence-electron chi connectivity index (χ1n) is 6.75.